The highest BCUT2D eigenvalue weighted by atomic mass is 19.4. The van der Waals surface area contributed by atoms with Crippen molar-refractivity contribution in [2.24, 2.45) is 0 Å². The smallest absolute Gasteiger partial charge is 0.452 e. The molecule has 0 aliphatic carbocycles. The maximum Gasteiger partial charge on any atom is 0.452 e. The van der Waals surface area contributed by atoms with E-state index in [1.807, 2.05) is 5.32 Å². The van der Waals surface area contributed by atoms with Crippen molar-refractivity contribution in [1.82, 2.24) is 15.4 Å². The molecule has 2 rings (SSSR count). The zero-order chi connectivity index (χ0) is 26.9. The number of carbonyl (C=O) groups is 3. The van der Waals surface area contributed by atoms with Crippen molar-refractivity contribution in [3.63, 3.8) is 0 Å². The van der Waals surface area contributed by atoms with Gasteiger partial charge in [0.2, 0.25) is 5.76 Å². The molecule has 10 nitrogen and oxygen atoms in total. The lowest BCUT2D eigenvalue weighted by Crippen LogP contribution is -2.46. The normalized spacial score (nSPS) is 12.0. The molecule has 0 fully saturated rings. The molecule has 2 N–H and O–H groups in total. The molecule has 198 valence electrons. The molecule has 1 atom stereocenters. The monoisotopic (exact) mass is 522 g/mol. The zero-order valence-electron chi connectivity index (χ0n) is 19.2. The maximum atomic E-state index is 13.8. The van der Waals surface area contributed by atoms with Crippen LogP contribution in [0.1, 0.15) is 30.6 Å². The number of urea groups is 1. The molecule has 1 aromatic carbocycles. The van der Waals surface area contributed by atoms with Crippen molar-refractivity contribution in [2.45, 2.75) is 38.0 Å². The van der Waals surface area contributed by atoms with E-state index in [4.69, 9.17) is 4.74 Å². The number of nitrogens with one attached hydrogen (secondary N) is 2. The summed E-state index contributed by atoms with van der Waals surface area (Å²) in [7, 11) is 2.54. The Bertz CT molecular complexity index is 1060. The fraction of sp³-hybridized carbons (Fsp3) is 0.429. The second kappa shape index (κ2) is 12.7. The number of halogens is 5. The molecule has 0 aliphatic rings. The van der Waals surface area contributed by atoms with E-state index in [-0.39, 0.29) is 31.4 Å². The molecule has 0 aliphatic heterocycles. The fourth-order valence-electron chi connectivity index (χ4n) is 2.90. The largest absolute Gasteiger partial charge is 0.469 e. The quantitative estimate of drug-likeness (QED) is 0.356. The van der Waals surface area contributed by atoms with Gasteiger partial charge in [-0.2, -0.15) is 13.2 Å². The number of anilines is 1. The second-order valence-electron chi connectivity index (χ2n) is 7.40. The summed E-state index contributed by atoms with van der Waals surface area (Å²) >= 11 is 0. The van der Waals surface area contributed by atoms with Gasteiger partial charge in [0.15, 0.2) is 17.5 Å². The molecule has 0 radical (unpaired) electrons. The molecule has 1 heterocycles. The van der Waals surface area contributed by atoms with Crippen LogP contribution in [0.4, 0.5) is 37.4 Å². The SMILES string of the molecule is COC(=O)CCC[C@@H](COC(=O)Nc1cc(C(F)(F)F)on1)N(C)C(=O)NCc1cccc(F)c1F. The summed E-state index contributed by atoms with van der Waals surface area (Å²) in [6, 6.07) is 2.42. The summed E-state index contributed by atoms with van der Waals surface area (Å²) in [6.45, 7) is -0.758. The predicted molar refractivity (Wildman–Crippen MR) is 112 cm³/mol. The summed E-state index contributed by atoms with van der Waals surface area (Å²) in [6.07, 6.45) is -5.58. The van der Waals surface area contributed by atoms with Crippen molar-refractivity contribution in [1.29, 1.82) is 0 Å². The molecule has 0 unspecified atom stereocenters. The molecule has 1 aromatic heterocycles. The number of amides is 3. The number of nitrogens with zero attached hydrogens (tertiary/aromatic N) is 2. The van der Waals surface area contributed by atoms with Gasteiger partial charge in [0, 0.05) is 31.6 Å². The third kappa shape index (κ3) is 8.39. The zero-order valence-corrected chi connectivity index (χ0v) is 19.2. The van der Waals surface area contributed by atoms with Crippen LogP contribution in [0.3, 0.4) is 0 Å². The number of benzene rings is 1. The summed E-state index contributed by atoms with van der Waals surface area (Å²) in [5.74, 6) is -4.67. The van der Waals surface area contributed by atoms with Crippen LogP contribution in [0, 0.1) is 11.6 Å². The van der Waals surface area contributed by atoms with Gasteiger partial charge in [-0.1, -0.05) is 17.3 Å². The Morgan fingerprint density at radius 3 is 2.58 bits per heavy atom. The predicted octanol–water partition coefficient (Wildman–Crippen LogP) is 4.07. The minimum Gasteiger partial charge on any atom is -0.469 e. The number of methoxy groups -OCH3 is 1. The standard InChI is InChI=1S/C21H23F5N4O6/c1-30(19(32)27-10-12-5-3-7-14(22)18(12)23)13(6-4-8-17(31)34-2)11-35-20(33)28-16-9-15(36-29-16)21(24,25)26/h3,5,7,9,13H,4,6,8,10-11H2,1-2H3,(H,27,32)(H,28,29,33)/t13-/m0/s1. The second-order valence-corrected chi connectivity index (χ2v) is 7.40. The number of rotatable bonds is 10. The van der Waals surface area contributed by atoms with Crippen molar-refractivity contribution < 1.29 is 50.3 Å². The van der Waals surface area contributed by atoms with E-state index in [1.54, 1.807) is 0 Å². The van der Waals surface area contributed by atoms with Crippen molar-refractivity contribution in [2.75, 3.05) is 26.1 Å². The maximum absolute atomic E-state index is 13.8. The van der Waals surface area contributed by atoms with Crippen LogP contribution >= 0.6 is 0 Å². The number of esters is 1. The number of likely N-dealkylation sites (N-methyl/N-ethyl adjacent to an activating group) is 1. The van der Waals surface area contributed by atoms with Crippen molar-refractivity contribution >= 4 is 23.9 Å². The molecule has 0 spiro atoms. The molecule has 0 saturated heterocycles. The number of aromatic nitrogens is 1. The lowest BCUT2D eigenvalue weighted by Gasteiger charge is -2.28. The molecule has 36 heavy (non-hydrogen) atoms. The Labute approximate surface area is 201 Å². The first kappa shape index (κ1) is 28.3. The fourth-order valence-corrected chi connectivity index (χ4v) is 2.90. The van der Waals surface area contributed by atoms with Gasteiger partial charge in [-0.3, -0.25) is 10.1 Å². The molecule has 3 amide bonds. The number of hydrogen-bond acceptors (Lipinski definition) is 7. The molecule has 0 saturated carbocycles. The molecule has 15 heteroatoms. The van der Waals surface area contributed by atoms with Crippen LogP contribution in [0.15, 0.2) is 28.8 Å². The Morgan fingerprint density at radius 2 is 1.94 bits per heavy atom. The Balaban J connectivity index is 1.98. The van der Waals surface area contributed by atoms with Gasteiger partial charge in [-0.05, 0) is 18.9 Å². The summed E-state index contributed by atoms with van der Waals surface area (Å²) in [5.41, 5.74) is -0.0968. The number of alkyl halides is 3. The lowest BCUT2D eigenvalue weighted by molar-refractivity contribution is -0.155. The van der Waals surface area contributed by atoms with E-state index in [0.29, 0.717) is 6.07 Å². The number of hydrogen-bond donors (Lipinski definition) is 2. The van der Waals surface area contributed by atoms with E-state index in [9.17, 15) is 36.3 Å². The molecule has 0 bridgehead atoms. The van der Waals surface area contributed by atoms with E-state index in [1.165, 1.54) is 26.3 Å². The first-order valence-corrected chi connectivity index (χ1v) is 10.4. The molecule has 2 aromatic rings. The third-order valence-corrected chi connectivity index (χ3v) is 4.90. The van der Waals surface area contributed by atoms with Crippen LogP contribution in [0.25, 0.3) is 0 Å². The van der Waals surface area contributed by atoms with Crippen LogP contribution < -0.4 is 10.6 Å². The summed E-state index contributed by atoms with van der Waals surface area (Å²) < 4.78 is 78.5. The van der Waals surface area contributed by atoms with E-state index in [2.05, 4.69) is 19.7 Å². The van der Waals surface area contributed by atoms with Crippen LogP contribution in [-0.4, -0.2) is 55.0 Å². The summed E-state index contributed by atoms with van der Waals surface area (Å²) in [4.78, 5) is 37.1. The molecular formula is C21H23F5N4O6. The first-order valence-electron chi connectivity index (χ1n) is 10.4. The first-order chi connectivity index (χ1) is 16.9. The summed E-state index contributed by atoms with van der Waals surface area (Å²) in [5, 5.41) is 7.44. The van der Waals surface area contributed by atoms with Gasteiger partial charge < -0.3 is 24.2 Å². The highest BCUT2D eigenvalue weighted by molar-refractivity contribution is 5.83. The highest BCUT2D eigenvalue weighted by Crippen LogP contribution is 2.30. The van der Waals surface area contributed by atoms with E-state index < -0.39 is 60.1 Å². The Hall–Kier alpha value is -3.91. The van der Waals surface area contributed by atoms with Gasteiger partial charge in [0.1, 0.15) is 6.61 Å². The van der Waals surface area contributed by atoms with Gasteiger partial charge in [-0.25, -0.2) is 18.4 Å². The van der Waals surface area contributed by atoms with Gasteiger partial charge in [-0.15, -0.1) is 0 Å². The van der Waals surface area contributed by atoms with Crippen LogP contribution in [-0.2, 0) is 27.0 Å². The van der Waals surface area contributed by atoms with E-state index in [0.717, 1.165) is 11.0 Å². The topological polar surface area (TPSA) is 123 Å². The highest BCUT2D eigenvalue weighted by Gasteiger charge is 2.36. The average molecular weight is 522 g/mol. The average Bonchev–Trinajstić information content (AvgIpc) is 3.30. The van der Waals surface area contributed by atoms with Crippen LogP contribution in [0.5, 0.6) is 0 Å². The number of carbonyl (C=O) groups excluding carboxylic acids is 3. The minimum absolute atomic E-state index is 0.00230. The van der Waals surface area contributed by atoms with Gasteiger partial charge >= 0.3 is 24.3 Å². The minimum atomic E-state index is -4.80. The Kier molecular flexibility index (Phi) is 9.99. The van der Waals surface area contributed by atoms with Crippen molar-refractivity contribution in [3.05, 3.63) is 47.2 Å². The van der Waals surface area contributed by atoms with Crippen LogP contribution in [0.2, 0.25) is 0 Å². The van der Waals surface area contributed by atoms with Gasteiger partial charge in [0.05, 0.1) is 13.2 Å². The van der Waals surface area contributed by atoms with Crippen molar-refractivity contribution in [3.8, 4) is 0 Å². The molecular weight excluding hydrogens is 499 g/mol. The Morgan fingerprint density at radius 1 is 1.22 bits per heavy atom. The third-order valence-electron chi connectivity index (χ3n) is 4.90. The lowest BCUT2D eigenvalue weighted by atomic mass is 10.1. The van der Waals surface area contributed by atoms with Gasteiger partial charge in [0.25, 0.3) is 0 Å². The van der Waals surface area contributed by atoms with E-state index >= 15 is 0 Å². The number of ether oxygens (including phenoxy) is 2.